The Morgan fingerprint density at radius 3 is 2.80 bits per heavy atom. The maximum atomic E-state index is 11.3. The van der Waals surface area contributed by atoms with Crippen molar-refractivity contribution in [3.63, 3.8) is 0 Å². The van der Waals surface area contributed by atoms with Crippen LogP contribution >= 0.6 is 0 Å². The lowest BCUT2D eigenvalue weighted by Gasteiger charge is -2.17. The standard InChI is InChI=1S/C9H16N4O2/c1-4-15-7(14)6-11-8(13-12-6)9(2,3)5-10/h4-5,10H2,1-3H3,(H,11,12,13). The minimum Gasteiger partial charge on any atom is -0.460 e. The molecule has 0 atom stereocenters. The molecule has 84 valence electrons. The third kappa shape index (κ3) is 2.53. The van der Waals surface area contributed by atoms with Gasteiger partial charge in [-0.25, -0.2) is 9.78 Å². The number of nitrogens with two attached hydrogens (primary N) is 1. The highest BCUT2D eigenvalue weighted by Crippen LogP contribution is 2.17. The van der Waals surface area contributed by atoms with Crippen molar-refractivity contribution in [1.29, 1.82) is 0 Å². The quantitative estimate of drug-likeness (QED) is 0.696. The Morgan fingerprint density at radius 1 is 1.60 bits per heavy atom. The van der Waals surface area contributed by atoms with Crippen molar-refractivity contribution in [1.82, 2.24) is 15.2 Å². The zero-order chi connectivity index (χ0) is 11.5. The summed E-state index contributed by atoms with van der Waals surface area (Å²) < 4.78 is 4.77. The predicted molar refractivity (Wildman–Crippen MR) is 54.4 cm³/mol. The van der Waals surface area contributed by atoms with Crippen molar-refractivity contribution in [2.45, 2.75) is 26.2 Å². The molecular weight excluding hydrogens is 196 g/mol. The van der Waals surface area contributed by atoms with Gasteiger partial charge in [-0.1, -0.05) is 13.8 Å². The van der Waals surface area contributed by atoms with Crippen molar-refractivity contribution in [3.8, 4) is 0 Å². The largest absolute Gasteiger partial charge is 0.460 e. The molecule has 0 aliphatic heterocycles. The smallest absolute Gasteiger partial charge is 0.378 e. The molecule has 15 heavy (non-hydrogen) atoms. The Bertz CT molecular complexity index is 346. The van der Waals surface area contributed by atoms with Gasteiger partial charge in [0, 0.05) is 12.0 Å². The number of nitrogens with zero attached hydrogens (tertiary/aromatic N) is 2. The van der Waals surface area contributed by atoms with E-state index in [9.17, 15) is 4.79 Å². The Hall–Kier alpha value is -1.43. The fourth-order valence-corrected chi connectivity index (χ4v) is 0.948. The monoisotopic (exact) mass is 212 g/mol. The summed E-state index contributed by atoms with van der Waals surface area (Å²) in [7, 11) is 0. The molecule has 0 unspecified atom stereocenters. The van der Waals surface area contributed by atoms with Crippen LogP contribution in [0.4, 0.5) is 0 Å². The van der Waals surface area contributed by atoms with E-state index < -0.39 is 5.97 Å². The van der Waals surface area contributed by atoms with E-state index >= 15 is 0 Å². The molecule has 0 amide bonds. The highest BCUT2D eigenvalue weighted by Gasteiger charge is 2.25. The fraction of sp³-hybridized carbons (Fsp3) is 0.667. The molecule has 3 N–H and O–H groups in total. The number of rotatable bonds is 4. The zero-order valence-electron chi connectivity index (χ0n) is 9.20. The van der Waals surface area contributed by atoms with Gasteiger partial charge in [0.2, 0.25) is 0 Å². The number of esters is 1. The van der Waals surface area contributed by atoms with Crippen LogP contribution < -0.4 is 5.73 Å². The van der Waals surface area contributed by atoms with Crippen LogP contribution in [0.1, 0.15) is 37.2 Å². The normalized spacial score (nSPS) is 11.5. The van der Waals surface area contributed by atoms with E-state index in [0.717, 1.165) is 0 Å². The van der Waals surface area contributed by atoms with Crippen molar-refractivity contribution in [2.75, 3.05) is 13.2 Å². The molecule has 0 aromatic carbocycles. The average molecular weight is 212 g/mol. The van der Waals surface area contributed by atoms with Crippen molar-refractivity contribution in [2.24, 2.45) is 5.73 Å². The van der Waals surface area contributed by atoms with Gasteiger partial charge in [-0.3, -0.25) is 5.10 Å². The van der Waals surface area contributed by atoms with E-state index in [-0.39, 0.29) is 11.2 Å². The van der Waals surface area contributed by atoms with Crippen LogP contribution in [-0.4, -0.2) is 34.3 Å². The zero-order valence-corrected chi connectivity index (χ0v) is 9.20. The van der Waals surface area contributed by atoms with Gasteiger partial charge in [-0.2, -0.15) is 0 Å². The van der Waals surface area contributed by atoms with Crippen LogP contribution in [0.5, 0.6) is 0 Å². The number of hydrogen-bond acceptors (Lipinski definition) is 5. The SMILES string of the molecule is CCOC(=O)c1n[nH]c(C(C)(C)CN)n1. The van der Waals surface area contributed by atoms with Crippen LogP contribution in [0.2, 0.25) is 0 Å². The fourth-order valence-electron chi connectivity index (χ4n) is 0.948. The lowest BCUT2D eigenvalue weighted by atomic mass is 9.93. The molecule has 0 fully saturated rings. The third-order valence-electron chi connectivity index (χ3n) is 2.09. The Morgan fingerprint density at radius 2 is 2.27 bits per heavy atom. The lowest BCUT2D eigenvalue weighted by Crippen LogP contribution is -2.29. The molecule has 0 saturated carbocycles. The summed E-state index contributed by atoms with van der Waals surface area (Å²) in [5.41, 5.74) is 5.26. The molecule has 0 radical (unpaired) electrons. The Labute approximate surface area is 88.2 Å². The van der Waals surface area contributed by atoms with Crippen LogP contribution in [-0.2, 0) is 10.2 Å². The molecular formula is C9H16N4O2. The second-order valence-electron chi connectivity index (χ2n) is 3.82. The summed E-state index contributed by atoms with van der Waals surface area (Å²) >= 11 is 0. The minimum atomic E-state index is -0.521. The van der Waals surface area contributed by atoms with E-state index in [2.05, 4.69) is 15.2 Å². The highest BCUT2D eigenvalue weighted by atomic mass is 16.5. The van der Waals surface area contributed by atoms with Gasteiger partial charge in [-0.15, -0.1) is 5.10 Å². The van der Waals surface area contributed by atoms with Gasteiger partial charge in [-0.05, 0) is 6.92 Å². The average Bonchev–Trinajstić information content (AvgIpc) is 2.67. The maximum absolute atomic E-state index is 11.3. The Kier molecular flexibility index (Phi) is 3.41. The first kappa shape index (κ1) is 11.6. The van der Waals surface area contributed by atoms with E-state index in [0.29, 0.717) is 19.0 Å². The Balaban J connectivity index is 2.85. The van der Waals surface area contributed by atoms with Crippen LogP contribution in [0, 0.1) is 0 Å². The second kappa shape index (κ2) is 4.39. The van der Waals surface area contributed by atoms with Gasteiger partial charge in [0.25, 0.3) is 5.82 Å². The van der Waals surface area contributed by atoms with Crippen LogP contribution in [0.25, 0.3) is 0 Å². The number of H-pyrrole nitrogens is 1. The van der Waals surface area contributed by atoms with Gasteiger partial charge < -0.3 is 10.5 Å². The summed E-state index contributed by atoms with van der Waals surface area (Å²) in [6.07, 6.45) is 0. The number of ether oxygens (including phenoxy) is 1. The first-order chi connectivity index (χ1) is 7.01. The van der Waals surface area contributed by atoms with E-state index in [1.54, 1.807) is 6.92 Å². The molecule has 1 heterocycles. The first-order valence-corrected chi connectivity index (χ1v) is 4.81. The summed E-state index contributed by atoms with van der Waals surface area (Å²) in [6.45, 7) is 6.30. The van der Waals surface area contributed by atoms with E-state index in [1.165, 1.54) is 0 Å². The first-order valence-electron chi connectivity index (χ1n) is 4.81. The minimum absolute atomic E-state index is 0.0494. The molecule has 0 aliphatic carbocycles. The van der Waals surface area contributed by atoms with Crippen molar-refractivity contribution >= 4 is 5.97 Å². The van der Waals surface area contributed by atoms with E-state index in [4.69, 9.17) is 10.5 Å². The lowest BCUT2D eigenvalue weighted by molar-refractivity contribution is 0.0512. The maximum Gasteiger partial charge on any atom is 0.378 e. The second-order valence-corrected chi connectivity index (χ2v) is 3.82. The summed E-state index contributed by atoms with van der Waals surface area (Å²) in [5.74, 6) is 0.120. The molecule has 0 spiro atoms. The topological polar surface area (TPSA) is 93.9 Å². The van der Waals surface area contributed by atoms with Gasteiger partial charge in [0.1, 0.15) is 5.82 Å². The summed E-state index contributed by atoms with van der Waals surface area (Å²) in [5, 5.41) is 6.48. The number of aromatic amines is 1. The molecule has 6 nitrogen and oxygen atoms in total. The predicted octanol–water partition coefficient (Wildman–Crippen LogP) is 0.218. The molecule has 1 aromatic rings. The number of nitrogens with one attached hydrogen (secondary N) is 1. The van der Waals surface area contributed by atoms with Gasteiger partial charge >= 0.3 is 5.97 Å². The van der Waals surface area contributed by atoms with E-state index in [1.807, 2.05) is 13.8 Å². The van der Waals surface area contributed by atoms with Crippen molar-refractivity contribution in [3.05, 3.63) is 11.6 Å². The number of aromatic nitrogens is 3. The summed E-state index contributed by atoms with van der Waals surface area (Å²) in [6, 6.07) is 0. The third-order valence-corrected chi connectivity index (χ3v) is 2.09. The number of carbonyl (C=O) groups is 1. The number of carbonyl (C=O) groups excluding carboxylic acids is 1. The molecule has 1 aromatic heterocycles. The van der Waals surface area contributed by atoms with Crippen LogP contribution in [0.3, 0.4) is 0 Å². The van der Waals surface area contributed by atoms with Gasteiger partial charge in [0.15, 0.2) is 0 Å². The van der Waals surface area contributed by atoms with Crippen LogP contribution in [0.15, 0.2) is 0 Å². The molecule has 0 saturated heterocycles. The summed E-state index contributed by atoms with van der Waals surface area (Å²) in [4.78, 5) is 15.3. The molecule has 6 heteroatoms. The molecule has 1 rings (SSSR count). The number of hydrogen-bond donors (Lipinski definition) is 2. The van der Waals surface area contributed by atoms with Gasteiger partial charge in [0.05, 0.1) is 6.61 Å². The molecule has 0 aliphatic rings. The molecule has 0 bridgehead atoms. The van der Waals surface area contributed by atoms with Crippen molar-refractivity contribution < 1.29 is 9.53 Å². The highest BCUT2D eigenvalue weighted by molar-refractivity contribution is 5.84.